The number of carbonyl (C=O) groups is 2. The highest BCUT2D eigenvalue weighted by molar-refractivity contribution is 7.81. The summed E-state index contributed by atoms with van der Waals surface area (Å²) in [5, 5.41) is 11.6. The minimum Gasteiger partial charge on any atom is -0.388 e. The maximum atomic E-state index is 11.1. The van der Waals surface area contributed by atoms with Crippen LogP contribution < -0.4 is 5.32 Å². The van der Waals surface area contributed by atoms with E-state index in [4.69, 9.17) is 13.7 Å². The van der Waals surface area contributed by atoms with E-state index < -0.39 is 68.1 Å². The molecule has 5 N–H and O–H groups in total. The Balaban J connectivity index is 6.06. The van der Waals surface area contributed by atoms with Crippen LogP contribution in [0.3, 0.4) is 0 Å². The highest BCUT2D eigenvalue weighted by atomic mass is 32.3. The van der Waals surface area contributed by atoms with Crippen molar-refractivity contribution in [3.8, 4) is 0 Å². The molecule has 0 aliphatic heterocycles. The van der Waals surface area contributed by atoms with Crippen LogP contribution in [0.5, 0.6) is 0 Å². The van der Waals surface area contributed by atoms with Gasteiger partial charge < -0.3 is 15.2 Å². The number of hydrogen-bond acceptors (Lipinski definition) is 12. The lowest BCUT2D eigenvalue weighted by Crippen LogP contribution is -2.56. The summed E-state index contributed by atoms with van der Waals surface area (Å²) < 4.78 is 102. The number of aldehydes is 1. The topological polar surface area (TPSA) is 257 Å². The van der Waals surface area contributed by atoms with Crippen molar-refractivity contribution in [1.82, 2.24) is 5.32 Å². The Hall–Kier alpha value is -1.29. The SMILES string of the molecule is CC(=O)N[C@@H](C=O)[C@@H](OS(=O)(=O)O)[C@H](OS(=O)(=O)O)[C@H](O)COS(=O)(=O)O. The van der Waals surface area contributed by atoms with Crippen LogP contribution in [0.2, 0.25) is 0 Å². The summed E-state index contributed by atoms with van der Waals surface area (Å²) >= 11 is 0. The van der Waals surface area contributed by atoms with Crippen LogP contribution in [0, 0.1) is 0 Å². The Morgan fingerprint density at radius 1 is 0.963 bits per heavy atom. The molecule has 0 bridgehead atoms. The zero-order chi connectivity index (χ0) is 21.6. The number of rotatable bonds is 12. The third kappa shape index (κ3) is 11.9. The number of amides is 1. The summed E-state index contributed by atoms with van der Waals surface area (Å²) in [4.78, 5) is 22.2. The average molecular weight is 461 g/mol. The van der Waals surface area contributed by atoms with Crippen molar-refractivity contribution < 1.29 is 66.2 Å². The summed E-state index contributed by atoms with van der Waals surface area (Å²) in [6.07, 6.45) is -7.93. The molecule has 0 heterocycles. The number of aliphatic hydroxyl groups is 1. The van der Waals surface area contributed by atoms with E-state index in [-0.39, 0.29) is 6.29 Å². The van der Waals surface area contributed by atoms with Crippen molar-refractivity contribution in [3.05, 3.63) is 0 Å². The van der Waals surface area contributed by atoms with E-state index in [1.807, 2.05) is 0 Å². The molecule has 0 unspecified atom stereocenters. The fourth-order valence-electron chi connectivity index (χ4n) is 1.62. The molecular formula is C8H15NO15S3. The Bertz CT molecular complexity index is 830. The fraction of sp³-hybridized carbons (Fsp3) is 0.750. The molecule has 0 fully saturated rings. The van der Waals surface area contributed by atoms with E-state index >= 15 is 0 Å². The minimum absolute atomic E-state index is 0.214. The van der Waals surface area contributed by atoms with Crippen molar-refractivity contribution in [1.29, 1.82) is 0 Å². The first kappa shape index (κ1) is 25.7. The van der Waals surface area contributed by atoms with Gasteiger partial charge in [0.25, 0.3) is 0 Å². The number of hydrogen-bond donors (Lipinski definition) is 5. The second-order valence-corrected chi connectivity index (χ2v) is 7.81. The first-order valence-corrected chi connectivity index (χ1v) is 10.4. The second-order valence-electron chi connectivity index (χ2n) is 4.62. The van der Waals surface area contributed by atoms with Gasteiger partial charge in [-0.1, -0.05) is 0 Å². The van der Waals surface area contributed by atoms with E-state index in [1.54, 1.807) is 5.32 Å². The van der Waals surface area contributed by atoms with Gasteiger partial charge in [-0.3, -0.25) is 18.5 Å². The number of nitrogens with one attached hydrogen (secondary N) is 1. The van der Waals surface area contributed by atoms with E-state index in [1.165, 1.54) is 0 Å². The van der Waals surface area contributed by atoms with Crippen LogP contribution in [0.4, 0.5) is 0 Å². The van der Waals surface area contributed by atoms with Crippen LogP contribution in [0.15, 0.2) is 0 Å². The molecule has 0 aromatic carbocycles. The molecule has 16 nitrogen and oxygen atoms in total. The molecule has 27 heavy (non-hydrogen) atoms. The largest absolute Gasteiger partial charge is 0.397 e. The Kier molecular flexibility index (Phi) is 9.30. The average Bonchev–Trinajstić information content (AvgIpc) is 2.43. The van der Waals surface area contributed by atoms with Crippen molar-refractivity contribution >= 4 is 43.4 Å². The normalized spacial score (nSPS) is 17.5. The van der Waals surface area contributed by atoms with Crippen molar-refractivity contribution in [2.45, 2.75) is 31.3 Å². The van der Waals surface area contributed by atoms with Gasteiger partial charge in [0.15, 0.2) is 0 Å². The van der Waals surface area contributed by atoms with Crippen molar-refractivity contribution in [2.75, 3.05) is 6.61 Å². The van der Waals surface area contributed by atoms with Gasteiger partial charge in [-0.25, -0.2) is 12.5 Å². The molecule has 0 saturated heterocycles. The highest BCUT2D eigenvalue weighted by Gasteiger charge is 2.42. The van der Waals surface area contributed by atoms with Gasteiger partial charge >= 0.3 is 31.2 Å². The second kappa shape index (κ2) is 9.77. The molecule has 19 heteroatoms. The van der Waals surface area contributed by atoms with Gasteiger partial charge in [-0.15, -0.1) is 0 Å². The molecule has 0 aliphatic carbocycles. The number of carbonyl (C=O) groups excluding carboxylic acids is 2. The molecule has 0 aromatic rings. The number of aliphatic hydroxyl groups excluding tert-OH is 1. The minimum atomic E-state index is -5.51. The lowest BCUT2D eigenvalue weighted by atomic mass is 10.0. The Morgan fingerprint density at radius 3 is 1.74 bits per heavy atom. The molecular weight excluding hydrogens is 446 g/mol. The predicted octanol–water partition coefficient (Wildman–Crippen LogP) is -3.75. The molecule has 0 aliphatic rings. The lowest BCUT2D eigenvalue weighted by Gasteiger charge is -2.31. The fourth-order valence-corrected chi connectivity index (χ4v) is 2.96. The van der Waals surface area contributed by atoms with Gasteiger partial charge in [0.05, 0.1) is 6.61 Å². The first-order valence-electron chi connectivity index (χ1n) is 6.29. The van der Waals surface area contributed by atoms with Crippen molar-refractivity contribution in [3.63, 3.8) is 0 Å². The molecule has 0 radical (unpaired) electrons. The van der Waals surface area contributed by atoms with Gasteiger partial charge in [0, 0.05) is 6.92 Å². The lowest BCUT2D eigenvalue weighted by molar-refractivity contribution is -0.127. The van der Waals surface area contributed by atoms with Crippen LogP contribution in [0.25, 0.3) is 0 Å². The third-order valence-corrected chi connectivity index (χ3v) is 3.79. The van der Waals surface area contributed by atoms with E-state index in [2.05, 4.69) is 12.5 Å². The van der Waals surface area contributed by atoms with Gasteiger partial charge in [-0.2, -0.15) is 25.3 Å². The molecule has 0 saturated carbocycles. The quantitative estimate of drug-likeness (QED) is 0.138. The first-order chi connectivity index (χ1) is 11.9. The van der Waals surface area contributed by atoms with Crippen LogP contribution >= 0.6 is 0 Å². The summed E-state index contributed by atoms with van der Waals surface area (Å²) in [5.41, 5.74) is 0. The Morgan fingerprint density at radius 2 is 1.41 bits per heavy atom. The zero-order valence-corrected chi connectivity index (χ0v) is 15.5. The smallest absolute Gasteiger partial charge is 0.388 e. The van der Waals surface area contributed by atoms with Gasteiger partial charge in [0.1, 0.15) is 30.6 Å². The molecule has 1 amide bonds. The van der Waals surface area contributed by atoms with E-state index in [0.29, 0.717) is 0 Å². The van der Waals surface area contributed by atoms with Crippen LogP contribution in [-0.2, 0) is 53.3 Å². The van der Waals surface area contributed by atoms with E-state index in [0.717, 1.165) is 6.92 Å². The Labute approximate surface area is 153 Å². The van der Waals surface area contributed by atoms with Gasteiger partial charge in [0.2, 0.25) is 5.91 Å². The van der Waals surface area contributed by atoms with Crippen LogP contribution in [-0.4, -0.2) is 87.2 Å². The van der Waals surface area contributed by atoms with Gasteiger partial charge in [-0.05, 0) is 0 Å². The molecule has 0 spiro atoms. The summed E-state index contributed by atoms with van der Waals surface area (Å²) in [6, 6.07) is -2.10. The molecule has 4 atom stereocenters. The standard InChI is InChI=1S/C8H15NO15S3/c1-4(11)9-5(2-10)7(23-26(16,17)18)8(24-27(19,20)21)6(12)3-22-25(13,14)15/h2,5-8,12H,3H2,1H3,(H,9,11)(H,13,14,15)(H,16,17,18)(H,19,20,21)/t5-,6+,7+,8+/m0/s1. The summed E-state index contributed by atoms with van der Waals surface area (Å²) in [5.74, 6) is -0.995. The highest BCUT2D eigenvalue weighted by Crippen LogP contribution is 2.18. The monoisotopic (exact) mass is 461 g/mol. The molecule has 0 aromatic heterocycles. The summed E-state index contributed by atoms with van der Waals surface area (Å²) in [6.45, 7) is -0.659. The van der Waals surface area contributed by atoms with E-state index in [9.17, 15) is 39.9 Å². The molecule has 160 valence electrons. The van der Waals surface area contributed by atoms with Crippen LogP contribution in [0.1, 0.15) is 6.92 Å². The van der Waals surface area contributed by atoms with Crippen molar-refractivity contribution in [2.24, 2.45) is 0 Å². The maximum absolute atomic E-state index is 11.1. The predicted molar refractivity (Wildman–Crippen MR) is 80.0 cm³/mol. The summed E-state index contributed by atoms with van der Waals surface area (Å²) in [7, 11) is -16.2. The third-order valence-electron chi connectivity index (χ3n) is 2.43. The molecule has 0 rings (SSSR count). The maximum Gasteiger partial charge on any atom is 0.397 e. The zero-order valence-electron chi connectivity index (χ0n) is 13.1.